The molecule has 1 spiro atoms. The van der Waals surface area contributed by atoms with Crippen molar-refractivity contribution < 1.29 is 17.6 Å². The second-order valence-electron chi connectivity index (χ2n) is 6.91. The fraction of sp³-hybridized carbons (Fsp3) is 0.688. The molecule has 1 aromatic heterocycles. The molecule has 3 aliphatic rings. The highest BCUT2D eigenvalue weighted by atomic mass is 32.2. The third-order valence-corrected chi connectivity index (χ3v) is 7.93. The molecule has 6 nitrogen and oxygen atoms in total. The number of sulfonamides is 1. The normalized spacial score (nSPS) is 25.1. The zero-order valence-corrected chi connectivity index (χ0v) is 13.9. The van der Waals surface area contributed by atoms with Gasteiger partial charge in [-0.15, -0.1) is 0 Å². The quantitative estimate of drug-likeness (QED) is 0.843. The molecule has 3 fully saturated rings. The zero-order valence-electron chi connectivity index (χ0n) is 13.1. The molecule has 2 saturated heterocycles. The van der Waals surface area contributed by atoms with Crippen LogP contribution in [0, 0.1) is 0 Å². The van der Waals surface area contributed by atoms with Gasteiger partial charge < -0.3 is 9.32 Å². The van der Waals surface area contributed by atoms with E-state index in [1.165, 1.54) is 6.26 Å². The van der Waals surface area contributed by atoms with Crippen LogP contribution in [0.25, 0.3) is 0 Å². The summed E-state index contributed by atoms with van der Waals surface area (Å²) in [6, 6.07) is 3.42. The van der Waals surface area contributed by atoms with Crippen LogP contribution in [0.4, 0.5) is 0 Å². The van der Waals surface area contributed by atoms with Gasteiger partial charge in [0.05, 0.1) is 11.5 Å². The number of carbonyl (C=O) groups is 1. The van der Waals surface area contributed by atoms with Crippen LogP contribution in [0.1, 0.15) is 49.1 Å². The first kappa shape index (κ1) is 15.2. The molecule has 23 heavy (non-hydrogen) atoms. The molecule has 7 heteroatoms. The van der Waals surface area contributed by atoms with Gasteiger partial charge in [-0.3, -0.25) is 4.79 Å². The van der Waals surface area contributed by atoms with Gasteiger partial charge in [0.25, 0.3) is 5.91 Å². The lowest BCUT2D eigenvalue weighted by Crippen LogP contribution is -2.55. The molecule has 0 aromatic carbocycles. The highest BCUT2D eigenvalue weighted by Crippen LogP contribution is 2.41. The standard InChI is InChI=1S/C16H22N2O4S/c19-15(14-3-1-12-22-14)18-9-2-6-16(18)7-10-17(11-8-16)23(20,21)13-4-5-13/h1,3,12-13H,2,4-11H2. The smallest absolute Gasteiger partial charge is 0.290 e. The van der Waals surface area contributed by atoms with E-state index in [1.54, 1.807) is 16.4 Å². The van der Waals surface area contributed by atoms with Crippen LogP contribution in [0.15, 0.2) is 22.8 Å². The van der Waals surface area contributed by atoms with Gasteiger partial charge in [0.15, 0.2) is 5.76 Å². The van der Waals surface area contributed by atoms with E-state index in [4.69, 9.17) is 4.42 Å². The van der Waals surface area contributed by atoms with Crippen LogP contribution in [-0.2, 0) is 10.0 Å². The Kier molecular flexibility index (Phi) is 3.53. The van der Waals surface area contributed by atoms with Crippen LogP contribution < -0.4 is 0 Å². The van der Waals surface area contributed by atoms with E-state index in [0.29, 0.717) is 18.8 Å². The van der Waals surface area contributed by atoms with Gasteiger partial charge in [-0.05, 0) is 50.7 Å². The molecule has 4 rings (SSSR count). The van der Waals surface area contributed by atoms with Crippen molar-refractivity contribution in [3.63, 3.8) is 0 Å². The maximum absolute atomic E-state index is 12.7. The number of rotatable bonds is 3. The molecule has 1 aromatic rings. The molecule has 0 radical (unpaired) electrons. The highest BCUT2D eigenvalue weighted by molar-refractivity contribution is 7.90. The maximum atomic E-state index is 12.7. The Hall–Kier alpha value is -1.34. The Bertz CT molecular complexity index is 686. The Morgan fingerprint density at radius 1 is 1.17 bits per heavy atom. The van der Waals surface area contributed by atoms with E-state index >= 15 is 0 Å². The monoisotopic (exact) mass is 338 g/mol. The Morgan fingerprint density at radius 2 is 1.91 bits per heavy atom. The van der Waals surface area contributed by atoms with Crippen molar-refractivity contribution in [1.82, 2.24) is 9.21 Å². The van der Waals surface area contributed by atoms with Crippen LogP contribution in [0.3, 0.4) is 0 Å². The summed E-state index contributed by atoms with van der Waals surface area (Å²) in [4.78, 5) is 14.6. The first-order valence-corrected chi connectivity index (χ1v) is 9.88. The molecule has 0 N–H and O–H groups in total. The van der Waals surface area contributed by atoms with Crippen LogP contribution >= 0.6 is 0 Å². The van der Waals surface area contributed by atoms with E-state index < -0.39 is 10.0 Å². The lowest BCUT2D eigenvalue weighted by molar-refractivity contribution is 0.0433. The number of piperidine rings is 1. The minimum absolute atomic E-state index is 0.0639. The number of nitrogens with zero attached hydrogens (tertiary/aromatic N) is 2. The number of amides is 1. The van der Waals surface area contributed by atoms with Gasteiger partial charge in [0, 0.05) is 25.2 Å². The second kappa shape index (κ2) is 5.34. The molecule has 0 atom stereocenters. The second-order valence-corrected chi connectivity index (χ2v) is 9.12. The molecule has 2 aliphatic heterocycles. The SMILES string of the molecule is O=C(c1ccco1)N1CCCC12CCN(S(=O)(=O)C1CC1)CC2. The summed E-state index contributed by atoms with van der Waals surface area (Å²) >= 11 is 0. The number of hydrogen-bond acceptors (Lipinski definition) is 4. The van der Waals surface area contributed by atoms with Gasteiger partial charge in [0.1, 0.15) is 0 Å². The average molecular weight is 338 g/mol. The molecule has 1 amide bonds. The van der Waals surface area contributed by atoms with Crippen LogP contribution in [0.5, 0.6) is 0 Å². The maximum Gasteiger partial charge on any atom is 0.290 e. The summed E-state index contributed by atoms with van der Waals surface area (Å²) in [5.74, 6) is 0.310. The number of likely N-dealkylation sites (tertiary alicyclic amines) is 1. The average Bonchev–Trinajstić information content (AvgIpc) is 3.13. The topological polar surface area (TPSA) is 70.8 Å². The Labute approximate surface area is 136 Å². The van der Waals surface area contributed by atoms with Crippen molar-refractivity contribution in [3.05, 3.63) is 24.2 Å². The Balaban J connectivity index is 1.50. The fourth-order valence-corrected chi connectivity index (χ4v) is 5.89. The number of carbonyl (C=O) groups excluding carboxylic acids is 1. The minimum atomic E-state index is -3.10. The number of furan rings is 1. The van der Waals surface area contributed by atoms with E-state index in [-0.39, 0.29) is 16.7 Å². The van der Waals surface area contributed by atoms with Crippen molar-refractivity contribution in [3.8, 4) is 0 Å². The summed E-state index contributed by atoms with van der Waals surface area (Å²) in [5, 5.41) is -0.152. The van der Waals surface area contributed by atoms with Gasteiger partial charge in [0.2, 0.25) is 10.0 Å². The van der Waals surface area contributed by atoms with Crippen molar-refractivity contribution in [1.29, 1.82) is 0 Å². The molecule has 0 bridgehead atoms. The number of hydrogen-bond donors (Lipinski definition) is 0. The first-order valence-electron chi connectivity index (χ1n) is 8.37. The molecule has 1 saturated carbocycles. The van der Waals surface area contributed by atoms with E-state index in [9.17, 15) is 13.2 Å². The summed E-state index contributed by atoms with van der Waals surface area (Å²) < 4.78 is 31.7. The van der Waals surface area contributed by atoms with Crippen molar-refractivity contribution in [2.45, 2.75) is 49.3 Å². The predicted molar refractivity (Wildman–Crippen MR) is 84.5 cm³/mol. The molecule has 3 heterocycles. The summed E-state index contributed by atoms with van der Waals surface area (Å²) in [6.45, 7) is 1.79. The summed E-state index contributed by atoms with van der Waals surface area (Å²) in [7, 11) is -3.10. The van der Waals surface area contributed by atoms with E-state index in [1.807, 2.05) is 4.90 Å². The van der Waals surface area contributed by atoms with Gasteiger partial charge in [-0.1, -0.05) is 0 Å². The largest absolute Gasteiger partial charge is 0.459 e. The van der Waals surface area contributed by atoms with Crippen molar-refractivity contribution >= 4 is 15.9 Å². The first-order chi connectivity index (χ1) is 11.0. The van der Waals surface area contributed by atoms with Gasteiger partial charge >= 0.3 is 0 Å². The van der Waals surface area contributed by atoms with Crippen LogP contribution in [-0.4, -0.2) is 54.0 Å². The molecular formula is C16H22N2O4S. The van der Waals surface area contributed by atoms with E-state index in [0.717, 1.165) is 45.1 Å². The molecule has 0 unspecified atom stereocenters. The third-order valence-electron chi connectivity index (χ3n) is 5.53. The van der Waals surface area contributed by atoms with Crippen LogP contribution in [0.2, 0.25) is 0 Å². The van der Waals surface area contributed by atoms with E-state index in [2.05, 4.69) is 0 Å². The lowest BCUT2D eigenvalue weighted by Gasteiger charge is -2.44. The van der Waals surface area contributed by atoms with Gasteiger partial charge in [-0.2, -0.15) is 0 Å². The summed E-state index contributed by atoms with van der Waals surface area (Å²) in [5.41, 5.74) is -0.195. The van der Waals surface area contributed by atoms with Gasteiger partial charge in [-0.25, -0.2) is 12.7 Å². The molecule has 126 valence electrons. The Morgan fingerprint density at radius 3 is 2.52 bits per heavy atom. The molecule has 1 aliphatic carbocycles. The minimum Gasteiger partial charge on any atom is -0.459 e. The van der Waals surface area contributed by atoms with Crippen molar-refractivity contribution in [2.24, 2.45) is 0 Å². The molecular weight excluding hydrogens is 316 g/mol. The lowest BCUT2D eigenvalue weighted by atomic mass is 9.85. The van der Waals surface area contributed by atoms with Crippen molar-refractivity contribution in [2.75, 3.05) is 19.6 Å². The summed E-state index contributed by atoms with van der Waals surface area (Å²) in [6.07, 6.45) is 6.50. The predicted octanol–water partition coefficient (Wildman–Crippen LogP) is 1.84. The fourth-order valence-electron chi connectivity index (χ4n) is 4.04. The third kappa shape index (κ3) is 2.50. The zero-order chi connectivity index (χ0) is 16.1. The highest BCUT2D eigenvalue weighted by Gasteiger charge is 2.49.